The van der Waals surface area contributed by atoms with Crippen molar-refractivity contribution >= 4 is 12.2 Å². The van der Waals surface area contributed by atoms with Crippen molar-refractivity contribution in [2.24, 2.45) is 0 Å². The van der Waals surface area contributed by atoms with Crippen LogP contribution in [0.15, 0.2) is 0 Å². The van der Waals surface area contributed by atoms with E-state index in [9.17, 15) is 9.59 Å². The number of nitrogens with one attached hydrogen (secondary N) is 2. The summed E-state index contributed by atoms with van der Waals surface area (Å²) in [5.74, 6) is 0. The fraction of sp³-hybridized carbons (Fsp3) is 0.818. The van der Waals surface area contributed by atoms with Crippen molar-refractivity contribution in [3.63, 3.8) is 0 Å². The minimum Gasteiger partial charge on any atom is -0.450 e. The van der Waals surface area contributed by atoms with Gasteiger partial charge in [-0.1, -0.05) is 0 Å². The van der Waals surface area contributed by atoms with Crippen molar-refractivity contribution < 1.29 is 19.1 Å². The van der Waals surface area contributed by atoms with Gasteiger partial charge in [-0.2, -0.15) is 0 Å². The fourth-order valence-electron chi connectivity index (χ4n) is 1.17. The predicted octanol–water partition coefficient (Wildman–Crippen LogP) is 1.65. The van der Waals surface area contributed by atoms with Gasteiger partial charge >= 0.3 is 12.2 Å². The quantitative estimate of drug-likeness (QED) is 0.638. The van der Waals surface area contributed by atoms with E-state index in [2.05, 4.69) is 10.6 Å². The van der Waals surface area contributed by atoms with Gasteiger partial charge in [-0.15, -0.1) is 0 Å². The Labute approximate surface area is 102 Å². The molecule has 0 atom stereocenters. The Hall–Kier alpha value is -1.46. The van der Waals surface area contributed by atoms with Crippen LogP contribution in [-0.2, 0) is 9.47 Å². The maximum atomic E-state index is 10.9. The zero-order chi connectivity index (χ0) is 12.9. The molecule has 0 radical (unpaired) electrons. The van der Waals surface area contributed by atoms with Crippen LogP contribution in [0, 0.1) is 0 Å². The molecule has 17 heavy (non-hydrogen) atoms. The van der Waals surface area contributed by atoms with E-state index in [4.69, 9.17) is 9.47 Å². The molecule has 6 nitrogen and oxygen atoms in total. The highest BCUT2D eigenvalue weighted by atomic mass is 16.5. The lowest BCUT2D eigenvalue weighted by Gasteiger charge is -2.06. The van der Waals surface area contributed by atoms with E-state index in [1.165, 1.54) is 0 Å². The monoisotopic (exact) mass is 246 g/mol. The van der Waals surface area contributed by atoms with Gasteiger partial charge < -0.3 is 20.1 Å². The molecule has 0 aromatic heterocycles. The van der Waals surface area contributed by atoms with Crippen LogP contribution in [0.1, 0.15) is 33.1 Å². The molecule has 0 aromatic rings. The highest BCUT2D eigenvalue weighted by molar-refractivity contribution is 5.67. The van der Waals surface area contributed by atoms with Crippen LogP contribution < -0.4 is 10.6 Å². The van der Waals surface area contributed by atoms with Crippen molar-refractivity contribution in [1.82, 2.24) is 10.6 Å². The number of carbonyl (C=O) groups excluding carboxylic acids is 2. The maximum Gasteiger partial charge on any atom is 0.407 e. The predicted molar refractivity (Wildman–Crippen MR) is 63.9 cm³/mol. The van der Waals surface area contributed by atoms with Gasteiger partial charge in [0.05, 0.1) is 13.2 Å². The number of amides is 2. The molecule has 0 aromatic carbocycles. The molecule has 2 amide bonds. The summed E-state index contributed by atoms with van der Waals surface area (Å²) in [5, 5.41) is 5.26. The van der Waals surface area contributed by atoms with Crippen molar-refractivity contribution in [3.8, 4) is 0 Å². The summed E-state index contributed by atoms with van der Waals surface area (Å²) in [6.45, 7) is 5.49. The summed E-state index contributed by atoms with van der Waals surface area (Å²) in [6.07, 6.45) is 1.90. The third-order valence-corrected chi connectivity index (χ3v) is 1.94. The summed E-state index contributed by atoms with van der Waals surface area (Å²) >= 11 is 0. The summed E-state index contributed by atoms with van der Waals surface area (Å²) in [6, 6.07) is 0. The molecule has 0 saturated heterocycles. The first-order valence-electron chi connectivity index (χ1n) is 6.02. The number of carbonyl (C=O) groups is 2. The molecule has 0 saturated carbocycles. The van der Waals surface area contributed by atoms with Gasteiger partial charge in [0.15, 0.2) is 0 Å². The van der Waals surface area contributed by atoms with Crippen molar-refractivity contribution in [2.45, 2.75) is 33.1 Å². The van der Waals surface area contributed by atoms with Crippen LogP contribution in [0.2, 0.25) is 0 Å². The molecule has 2 N–H and O–H groups in total. The number of unbranched alkanes of at least 4 members (excludes halogenated alkanes) is 2. The normalized spacial score (nSPS) is 9.53. The van der Waals surface area contributed by atoms with E-state index in [1.807, 2.05) is 0 Å². The average molecular weight is 246 g/mol. The largest absolute Gasteiger partial charge is 0.450 e. The fourth-order valence-corrected chi connectivity index (χ4v) is 1.17. The number of ether oxygens (including phenoxy) is 2. The Morgan fingerprint density at radius 2 is 1.24 bits per heavy atom. The molecule has 100 valence electrons. The minimum absolute atomic E-state index is 0.378. The van der Waals surface area contributed by atoms with Gasteiger partial charge in [-0.3, -0.25) is 0 Å². The first-order chi connectivity index (χ1) is 8.20. The van der Waals surface area contributed by atoms with Crippen LogP contribution in [0.5, 0.6) is 0 Å². The number of hydrogen-bond acceptors (Lipinski definition) is 4. The minimum atomic E-state index is -0.378. The Balaban J connectivity index is 3.18. The topological polar surface area (TPSA) is 76.7 Å². The number of rotatable bonds is 8. The van der Waals surface area contributed by atoms with Crippen LogP contribution in [0.4, 0.5) is 9.59 Å². The van der Waals surface area contributed by atoms with Gasteiger partial charge in [0.2, 0.25) is 0 Å². The molecule has 0 aliphatic heterocycles. The van der Waals surface area contributed by atoms with Crippen LogP contribution in [0.3, 0.4) is 0 Å². The number of hydrogen-bond donors (Lipinski definition) is 2. The van der Waals surface area contributed by atoms with E-state index < -0.39 is 0 Å². The second kappa shape index (κ2) is 11.0. The van der Waals surface area contributed by atoms with Gasteiger partial charge in [0, 0.05) is 13.1 Å². The second-order valence-corrected chi connectivity index (χ2v) is 3.36. The average Bonchev–Trinajstić information content (AvgIpc) is 2.28. The van der Waals surface area contributed by atoms with E-state index in [1.54, 1.807) is 13.8 Å². The zero-order valence-electron chi connectivity index (χ0n) is 10.6. The van der Waals surface area contributed by atoms with E-state index in [-0.39, 0.29) is 12.2 Å². The first kappa shape index (κ1) is 15.5. The molecule has 0 aliphatic carbocycles. The third-order valence-electron chi connectivity index (χ3n) is 1.94. The Kier molecular flexibility index (Phi) is 10.1. The maximum absolute atomic E-state index is 10.9. The van der Waals surface area contributed by atoms with Gasteiger partial charge in [-0.05, 0) is 33.1 Å². The summed E-state index contributed by atoms with van der Waals surface area (Å²) < 4.78 is 9.41. The summed E-state index contributed by atoms with van der Waals surface area (Å²) in [4.78, 5) is 21.8. The molecular weight excluding hydrogens is 224 g/mol. The number of alkyl carbamates (subject to hydrolysis) is 2. The van der Waals surface area contributed by atoms with Crippen molar-refractivity contribution in [3.05, 3.63) is 0 Å². The first-order valence-corrected chi connectivity index (χ1v) is 6.02. The molecule has 0 aliphatic rings. The van der Waals surface area contributed by atoms with Crippen LogP contribution in [-0.4, -0.2) is 38.5 Å². The highest BCUT2D eigenvalue weighted by Crippen LogP contribution is 1.93. The zero-order valence-corrected chi connectivity index (χ0v) is 10.6. The van der Waals surface area contributed by atoms with Crippen molar-refractivity contribution in [2.75, 3.05) is 26.3 Å². The molecule has 6 heteroatoms. The lowest BCUT2D eigenvalue weighted by atomic mass is 10.2. The highest BCUT2D eigenvalue weighted by Gasteiger charge is 2.00. The smallest absolute Gasteiger partial charge is 0.407 e. The van der Waals surface area contributed by atoms with Crippen molar-refractivity contribution in [1.29, 1.82) is 0 Å². The Morgan fingerprint density at radius 3 is 1.59 bits per heavy atom. The Morgan fingerprint density at radius 1 is 0.824 bits per heavy atom. The molecule has 0 unspecified atom stereocenters. The van der Waals surface area contributed by atoms with Crippen LogP contribution in [0.25, 0.3) is 0 Å². The second-order valence-electron chi connectivity index (χ2n) is 3.36. The van der Waals surface area contributed by atoms with Gasteiger partial charge in [0.1, 0.15) is 0 Å². The standard InChI is InChI=1S/C11H22N2O4/c1-3-16-10(14)12-8-6-5-7-9-13-11(15)17-4-2/h3-9H2,1-2H3,(H,12,14)(H,13,15). The van der Waals surface area contributed by atoms with E-state index >= 15 is 0 Å². The van der Waals surface area contributed by atoms with Gasteiger partial charge in [0.25, 0.3) is 0 Å². The summed E-state index contributed by atoms with van der Waals surface area (Å²) in [7, 11) is 0. The van der Waals surface area contributed by atoms with Crippen LogP contribution >= 0.6 is 0 Å². The van der Waals surface area contributed by atoms with E-state index in [0.717, 1.165) is 19.3 Å². The van der Waals surface area contributed by atoms with E-state index in [0.29, 0.717) is 26.3 Å². The van der Waals surface area contributed by atoms with Gasteiger partial charge in [-0.25, -0.2) is 9.59 Å². The molecule has 0 bridgehead atoms. The molecule has 0 spiro atoms. The lowest BCUT2D eigenvalue weighted by Crippen LogP contribution is -2.26. The third kappa shape index (κ3) is 10.8. The SMILES string of the molecule is CCOC(=O)NCCCCCNC(=O)OCC. The lowest BCUT2D eigenvalue weighted by molar-refractivity contribution is 0.152. The summed E-state index contributed by atoms with van der Waals surface area (Å²) in [5.41, 5.74) is 0. The molecular formula is C11H22N2O4. The Bertz CT molecular complexity index is 200. The molecule has 0 fully saturated rings. The molecule has 0 heterocycles. The molecule has 0 rings (SSSR count).